The van der Waals surface area contributed by atoms with E-state index in [-0.39, 0.29) is 17.7 Å². The van der Waals surface area contributed by atoms with Crippen LogP contribution >= 0.6 is 0 Å². The first kappa shape index (κ1) is 19.4. The SMILES string of the molecule is CNCCCC(=O)NCc1cccc(CN2CCCC(C(N)=O)C2)c1. The number of carbonyl (C=O) groups is 2. The second-order valence-corrected chi connectivity index (χ2v) is 6.78. The van der Waals surface area contributed by atoms with E-state index >= 15 is 0 Å². The number of primary amides is 1. The van der Waals surface area contributed by atoms with Crippen LogP contribution in [0.25, 0.3) is 0 Å². The van der Waals surface area contributed by atoms with Crippen molar-refractivity contribution in [1.29, 1.82) is 0 Å². The average Bonchev–Trinajstić information content (AvgIpc) is 2.61. The van der Waals surface area contributed by atoms with Crippen molar-refractivity contribution in [2.24, 2.45) is 11.7 Å². The molecule has 1 fully saturated rings. The number of nitrogens with one attached hydrogen (secondary N) is 2. The Balaban J connectivity index is 1.82. The van der Waals surface area contributed by atoms with Gasteiger partial charge in [0.1, 0.15) is 0 Å². The van der Waals surface area contributed by atoms with Crippen molar-refractivity contribution in [1.82, 2.24) is 15.5 Å². The van der Waals surface area contributed by atoms with Gasteiger partial charge in [-0.25, -0.2) is 0 Å². The van der Waals surface area contributed by atoms with Crippen LogP contribution in [0.1, 0.15) is 36.8 Å². The molecule has 6 heteroatoms. The number of amides is 2. The normalized spacial score (nSPS) is 18.0. The van der Waals surface area contributed by atoms with E-state index in [1.54, 1.807) is 0 Å². The summed E-state index contributed by atoms with van der Waals surface area (Å²) < 4.78 is 0. The van der Waals surface area contributed by atoms with Crippen LogP contribution in [0.2, 0.25) is 0 Å². The number of nitrogens with two attached hydrogens (primary N) is 1. The van der Waals surface area contributed by atoms with Crippen LogP contribution in [0.3, 0.4) is 0 Å². The third kappa shape index (κ3) is 6.84. The van der Waals surface area contributed by atoms with Crippen molar-refractivity contribution in [3.63, 3.8) is 0 Å². The Morgan fingerprint density at radius 2 is 2.12 bits per heavy atom. The maximum atomic E-state index is 11.8. The maximum Gasteiger partial charge on any atom is 0.221 e. The van der Waals surface area contributed by atoms with Crippen LogP contribution in [-0.4, -0.2) is 43.4 Å². The molecule has 0 spiro atoms. The summed E-state index contributed by atoms with van der Waals surface area (Å²) in [6, 6.07) is 8.26. The quantitative estimate of drug-likeness (QED) is 0.582. The molecule has 0 saturated carbocycles. The summed E-state index contributed by atoms with van der Waals surface area (Å²) in [5.74, 6) is -0.144. The zero-order valence-corrected chi connectivity index (χ0v) is 15.1. The third-order valence-corrected chi connectivity index (χ3v) is 4.63. The minimum Gasteiger partial charge on any atom is -0.369 e. The number of piperidine rings is 1. The highest BCUT2D eigenvalue weighted by Crippen LogP contribution is 2.18. The van der Waals surface area contributed by atoms with Crippen molar-refractivity contribution in [2.45, 2.75) is 38.8 Å². The van der Waals surface area contributed by atoms with E-state index in [1.807, 2.05) is 19.2 Å². The molecule has 2 amide bonds. The molecule has 0 bridgehead atoms. The summed E-state index contributed by atoms with van der Waals surface area (Å²) in [6.07, 6.45) is 3.29. The molecule has 1 saturated heterocycles. The summed E-state index contributed by atoms with van der Waals surface area (Å²) in [7, 11) is 1.89. The molecule has 25 heavy (non-hydrogen) atoms. The summed E-state index contributed by atoms with van der Waals surface area (Å²) in [6.45, 7) is 3.95. The van der Waals surface area contributed by atoms with Crippen LogP contribution < -0.4 is 16.4 Å². The molecule has 1 aliphatic rings. The Labute approximate surface area is 150 Å². The Morgan fingerprint density at radius 1 is 1.32 bits per heavy atom. The summed E-state index contributed by atoms with van der Waals surface area (Å²) >= 11 is 0. The van der Waals surface area contributed by atoms with Gasteiger partial charge in [0.05, 0.1) is 5.92 Å². The molecule has 0 aliphatic carbocycles. The number of rotatable bonds is 9. The van der Waals surface area contributed by atoms with Crippen LogP contribution in [0, 0.1) is 5.92 Å². The molecule has 1 heterocycles. The molecule has 1 aromatic carbocycles. The van der Waals surface area contributed by atoms with E-state index in [2.05, 4.69) is 27.7 Å². The Kier molecular flexibility index (Phi) is 7.88. The van der Waals surface area contributed by atoms with Gasteiger partial charge in [-0.15, -0.1) is 0 Å². The Bertz CT molecular complexity index is 576. The maximum absolute atomic E-state index is 11.8. The first-order valence-electron chi connectivity index (χ1n) is 9.09. The lowest BCUT2D eigenvalue weighted by molar-refractivity contribution is -0.123. The highest BCUT2D eigenvalue weighted by molar-refractivity contribution is 5.77. The lowest BCUT2D eigenvalue weighted by Gasteiger charge is -2.31. The third-order valence-electron chi connectivity index (χ3n) is 4.63. The first-order valence-corrected chi connectivity index (χ1v) is 9.09. The Morgan fingerprint density at radius 3 is 2.88 bits per heavy atom. The predicted molar refractivity (Wildman–Crippen MR) is 98.6 cm³/mol. The first-order chi connectivity index (χ1) is 12.1. The van der Waals surface area contributed by atoms with E-state index in [0.717, 1.165) is 51.0 Å². The van der Waals surface area contributed by atoms with Crippen LogP contribution in [-0.2, 0) is 22.7 Å². The highest BCUT2D eigenvalue weighted by Gasteiger charge is 2.23. The van der Waals surface area contributed by atoms with Crippen molar-refractivity contribution < 1.29 is 9.59 Å². The van der Waals surface area contributed by atoms with Gasteiger partial charge in [-0.1, -0.05) is 24.3 Å². The minimum absolute atomic E-state index is 0.0335. The molecule has 0 radical (unpaired) electrons. The molecule has 1 unspecified atom stereocenters. The lowest BCUT2D eigenvalue weighted by Crippen LogP contribution is -2.40. The molecule has 6 nitrogen and oxygen atoms in total. The van der Waals surface area contributed by atoms with Crippen molar-refractivity contribution in [2.75, 3.05) is 26.7 Å². The van der Waals surface area contributed by atoms with Gasteiger partial charge in [0, 0.05) is 26.1 Å². The zero-order valence-electron chi connectivity index (χ0n) is 15.1. The minimum atomic E-state index is -0.195. The Hall–Kier alpha value is -1.92. The second-order valence-electron chi connectivity index (χ2n) is 6.78. The fourth-order valence-corrected chi connectivity index (χ4v) is 3.24. The summed E-state index contributed by atoms with van der Waals surface area (Å²) in [4.78, 5) is 25.5. The molecule has 1 aliphatic heterocycles. The molecule has 138 valence electrons. The van der Waals surface area contributed by atoms with E-state index in [0.29, 0.717) is 13.0 Å². The van der Waals surface area contributed by atoms with Crippen molar-refractivity contribution >= 4 is 11.8 Å². The smallest absolute Gasteiger partial charge is 0.221 e. The second kappa shape index (κ2) is 10.2. The molecule has 2 rings (SSSR count). The molecular formula is C19H30N4O2. The number of carbonyl (C=O) groups excluding carboxylic acids is 2. The van der Waals surface area contributed by atoms with Gasteiger partial charge in [0.25, 0.3) is 0 Å². The van der Waals surface area contributed by atoms with E-state index in [9.17, 15) is 9.59 Å². The van der Waals surface area contributed by atoms with E-state index in [1.165, 1.54) is 5.56 Å². The topological polar surface area (TPSA) is 87.5 Å². The monoisotopic (exact) mass is 346 g/mol. The van der Waals surface area contributed by atoms with Crippen LogP contribution in [0.15, 0.2) is 24.3 Å². The van der Waals surface area contributed by atoms with Gasteiger partial charge in [0.15, 0.2) is 0 Å². The fraction of sp³-hybridized carbons (Fsp3) is 0.579. The van der Waals surface area contributed by atoms with Gasteiger partial charge in [-0.05, 0) is 50.5 Å². The standard InChI is InChI=1S/C19H30N4O2/c1-21-9-3-8-18(24)22-12-15-5-2-6-16(11-15)13-23-10-4-7-17(14-23)19(20)25/h2,5-6,11,17,21H,3-4,7-10,12-14H2,1H3,(H2,20,25)(H,22,24). The molecule has 0 aromatic heterocycles. The van der Waals surface area contributed by atoms with Gasteiger partial charge in [0.2, 0.25) is 11.8 Å². The number of likely N-dealkylation sites (tertiary alicyclic amines) is 1. The van der Waals surface area contributed by atoms with Crippen molar-refractivity contribution in [3.05, 3.63) is 35.4 Å². The van der Waals surface area contributed by atoms with E-state index in [4.69, 9.17) is 5.73 Å². The molecular weight excluding hydrogens is 316 g/mol. The number of nitrogens with zero attached hydrogens (tertiary/aromatic N) is 1. The van der Waals surface area contributed by atoms with Crippen LogP contribution in [0.4, 0.5) is 0 Å². The number of hydrogen-bond acceptors (Lipinski definition) is 4. The summed E-state index contributed by atoms with van der Waals surface area (Å²) in [5.41, 5.74) is 7.75. The largest absolute Gasteiger partial charge is 0.369 e. The predicted octanol–water partition coefficient (Wildman–Crippen LogP) is 1.000. The summed E-state index contributed by atoms with van der Waals surface area (Å²) in [5, 5.41) is 6.01. The van der Waals surface area contributed by atoms with Crippen molar-refractivity contribution in [3.8, 4) is 0 Å². The van der Waals surface area contributed by atoms with Gasteiger partial charge in [-0.3, -0.25) is 14.5 Å². The van der Waals surface area contributed by atoms with Gasteiger partial charge >= 0.3 is 0 Å². The molecule has 1 atom stereocenters. The number of hydrogen-bond donors (Lipinski definition) is 3. The highest BCUT2D eigenvalue weighted by atomic mass is 16.2. The average molecular weight is 346 g/mol. The fourth-order valence-electron chi connectivity index (χ4n) is 3.24. The number of benzene rings is 1. The van der Waals surface area contributed by atoms with Gasteiger partial charge < -0.3 is 16.4 Å². The molecule has 4 N–H and O–H groups in total. The lowest BCUT2D eigenvalue weighted by atomic mass is 9.97. The van der Waals surface area contributed by atoms with Crippen LogP contribution in [0.5, 0.6) is 0 Å². The molecule has 1 aromatic rings. The zero-order chi connectivity index (χ0) is 18.1. The van der Waals surface area contributed by atoms with E-state index < -0.39 is 0 Å². The van der Waals surface area contributed by atoms with Gasteiger partial charge in [-0.2, -0.15) is 0 Å².